The zero-order chi connectivity index (χ0) is 9.42. The van der Waals surface area contributed by atoms with E-state index in [1.807, 2.05) is 13.0 Å². The maximum absolute atomic E-state index is 10.8. The van der Waals surface area contributed by atoms with Gasteiger partial charge < -0.3 is 4.98 Å². The third-order valence-corrected chi connectivity index (χ3v) is 2.46. The Kier molecular flexibility index (Phi) is 1.85. The van der Waals surface area contributed by atoms with Crippen molar-refractivity contribution < 1.29 is 4.79 Å². The van der Waals surface area contributed by atoms with Gasteiger partial charge in [-0.2, -0.15) is 0 Å². The summed E-state index contributed by atoms with van der Waals surface area (Å²) in [6.07, 6.45) is 2.64. The molecule has 1 N–H and O–H groups in total. The molecule has 0 aliphatic carbocycles. The molecule has 0 unspecified atom stereocenters. The fourth-order valence-corrected chi connectivity index (χ4v) is 1.82. The highest BCUT2D eigenvalue weighted by atomic mass is 35.5. The maximum Gasteiger partial charge on any atom is 0.151 e. The zero-order valence-electron chi connectivity index (χ0n) is 7.10. The molecule has 0 amide bonds. The van der Waals surface area contributed by atoms with Crippen LogP contribution in [-0.4, -0.2) is 11.3 Å². The molecule has 1 aromatic carbocycles. The van der Waals surface area contributed by atoms with Crippen LogP contribution in [0.15, 0.2) is 18.3 Å². The van der Waals surface area contributed by atoms with Gasteiger partial charge >= 0.3 is 0 Å². The Morgan fingerprint density at radius 1 is 1.54 bits per heavy atom. The van der Waals surface area contributed by atoms with Gasteiger partial charge in [-0.15, -0.1) is 0 Å². The van der Waals surface area contributed by atoms with Crippen LogP contribution in [-0.2, 0) is 0 Å². The molecule has 2 nitrogen and oxygen atoms in total. The number of carbonyl (C=O) groups excluding carboxylic acids is 1. The predicted octanol–water partition coefficient (Wildman–Crippen LogP) is 2.94. The lowest BCUT2D eigenvalue weighted by molar-refractivity contribution is 0.112. The molecule has 0 fully saturated rings. The number of carbonyl (C=O) groups is 1. The summed E-state index contributed by atoms with van der Waals surface area (Å²) in [6, 6.07) is 3.65. The predicted molar refractivity (Wildman–Crippen MR) is 53.4 cm³/mol. The average molecular weight is 194 g/mol. The molecule has 0 aliphatic rings. The summed E-state index contributed by atoms with van der Waals surface area (Å²) in [5.74, 6) is 0. The highest BCUT2D eigenvalue weighted by molar-refractivity contribution is 6.35. The Morgan fingerprint density at radius 2 is 2.31 bits per heavy atom. The topological polar surface area (TPSA) is 32.9 Å². The molecular weight excluding hydrogens is 186 g/mol. The van der Waals surface area contributed by atoms with Crippen LogP contribution in [0.5, 0.6) is 0 Å². The lowest BCUT2D eigenvalue weighted by Crippen LogP contribution is -1.87. The summed E-state index contributed by atoms with van der Waals surface area (Å²) < 4.78 is 0. The third kappa shape index (κ3) is 1.14. The first-order valence-corrected chi connectivity index (χ1v) is 4.33. The number of fused-ring (bicyclic) bond motifs is 1. The average Bonchev–Trinajstić information content (AvgIpc) is 2.53. The molecule has 1 aromatic heterocycles. The van der Waals surface area contributed by atoms with E-state index < -0.39 is 0 Å². The Hall–Kier alpha value is -1.28. The van der Waals surface area contributed by atoms with Gasteiger partial charge in [-0.05, 0) is 24.6 Å². The van der Waals surface area contributed by atoms with E-state index in [0.29, 0.717) is 10.6 Å². The molecule has 66 valence electrons. The number of aryl methyl sites for hydroxylation is 1. The van der Waals surface area contributed by atoms with Crippen LogP contribution in [0.25, 0.3) is 10.9 Å². The van der Waals surface area contributed by atoms with Crippen molar-refractivity contribution in [3.8, 4) is 0 Å². The Bertz CT molecular complexity index is 473. The van der Waals surface area contributed by atoms with Crippen molar-refractivity contribution in [2.24, 2.45) is 0 Å². The van der Waals surface area contributed by atoms with Gasteiger partial charge in [0.2, 0.25) is 0 Å². The van der Waals surface area contributed by atoms with E-state index in [4.69, 9.17) is 11.6 Å². The van der Waals surface area contributed by atoms with E-state index >= 15 is 0 Å². The number of hydrogen-bond acceptors (Lipinski definition) is 1. The minimum atomic E-state index is 0.656. The van der Waals surface area contributed by atoms with Crippen molar-refractivity contribution in [2.75, 3.05) is 0 Å². The van der Waals surface area contributed by atoms with Crippen LogP contribution in [0.2, 0.25) is 5.02 Å². The number of halogens is 1. The highest BCUT2D eigenvalue weighted by Crippen LogP contribution is 2.27. The molecule has 1 heterocycles. The van der Waals surface area contributed by atoms with Crippen LogP contribution in [0, 0.1) is 6.92 Å². The normalized spacial score (nSPS) is 10.6. The van der Waals surface area contributed by atoms with Gasteiger partial charge in [0.15, 0.2) is 6.29 Å². The van der Waals surface area contributed by atoms with E-state index in [-0.39, 0.29) is 0 Å². The summed E-state index contributed by atoms with van der Waals surface area (Å²) in [5.41, 5.74) is 2.45. The molecule has 0 saturated heterocycles. The number of aldehydes is 1. The standard InChI is InChI=1S/C10H8ClNO/c1-6-4-9(11)10-7(2-3-12-10)8(6)5-13/h2-5,12H,1H3. The first-order valence-electron chi connectivity index (χ1n) is 3.95. The zero-order valence-corrected chi connectivity index (χ0v) is 7.85. The van der Waals surface area contributed by atoms with E-state index in [9.17, 15) is 4.79 Å². The van der Waals surface area contributed by atoms with Crippen LogP contribution < -0.4 is 0 Å². The second kappa shape index (κ2) is 2.89. The highest BCUT2D eigenvalue weighted by Gasteiger charge is 2.07. The molecule has 0 aliphatic heterocycles. The number of aromatic nitrogens is 1. The number of hydrogen-bond donors (Lipinski definition) is 1. The minimum Gasteiger partial charge on any atom is -0.360 e. The fourth-order valence-electron chi connectivity index (χ4n) is 1.50. The summed E-state index contributed by atoms with van der Waals surface area (Å²) >= 11 is 5.99. The second-order valence-corrected chi connectivity index (χ2v) is 3.38. The molecule has 0 radical (unpaired) electrons. The second-order valence-electron chi connectivity index (χ2n) is 2.97. The third-order valence-electron chi connectivity index (χ3n) is 2.16. The quantitative estimate of drug-likeness (QED) is 0.694. The number of aromatic amines is 1. The van der Waals surface area contributed by atoms with E-state index in [0.717, 1.165) is 22.8 Å². The molecule has 13 heavy (non-hydrogen) atoms. The van der Waals surface area contributed by atoms with Gasteiger partial charge in [0.25, 0.3) is 0 Å². The smallest absolute Gasteiger partial charge is 0.151 e. The lowest BCUT2D eigenvalue weighted by Gasteiger charge is -2.01. The maximum atomic E-state index is 10.8. The Labute approximate surface area is 80.5 Å². The van der Waals surface area contributed by atoms with Crippen molar-refractivity contribution in [1.82, 2.24) is 4.98 Å². The Balaban J connectivity index is 2.96. The molecular formula is C10H8ClNO. The van der Waals surface area contributed by atoms with E-state index in [1.165, 1.54) is 0 Å². The molecule has 0 saturated carbocycles. The summed E-state index contributed by atoms with van der Waals surface area (Å²) in [5, 5.41) is 1.54. The lowest BCUT2D eigenvalue weighted by atomic mass is 10.1. The van der Waals surface area contributed by atoms with Crippen LogP contribution in [0.1, 0.15) is 15.9 Å². The van der Waals surface area contributed by atoms with Gasteiger partial charge in [-0.3, -0.25) is 4.79 Å². The number of H-pyrrole nitrogens is 1. The molecule has 3 heteroatoms. The van der Waals surface area contributed by atoms with Crippen molar-refractivity contribution in [3.05, 3.63) is 34.5 Å². The van der Waals surface area contributed by atoms with Crippen molar-refractivity contribution >= 4 is 28.8 Å². The largest absolute Gasteiger partial charge is 0.360 e. The van der Waals surface area contributed by atoms with Gasteiger partial charge in [0.1, 0.15) is 0 Å². The number of benzene rings is 1. The molecule has 0 spiro atoms. The van der Waals surface area contributed by atoms with Gasteiger partial charge in [-0.25, -0.2) is 0 Å². The molecule has 2 rings (SSSR count). The SMILES string of the molecule is Cc1cc(Cl)c2[nH]ccc2c1C=O. The van der Waals surface area contributed by atoms with Crippen LogP contribution in [0.4, 0.5) is 0 Å². The van der Waals surface area contributed by atoms with Gasteiger partial charge in [0.05, 0.1) is 10.5 Å². The summed E-state index contributed by atoms with van der Waals surface area (Å²) in [7, 11) is 0. The molecule has 0 bridgehead atoms. The monoisotopic (exact) mass is 193 g/mol. The molecule has 2 aromatic rings. The van der Waals surface area contributed by atoms with Crippen LogP contribution in [0.3, 0.4) is 0 Å². The number of rotatable bonds is 1. The minimum absolute atomic E-state index is 0.656. The van der Waals surface area contributed by atoms with E-state index in [1.54, 1.807) is 12.3 Å². The summed E-state index contributed by atoms with van der Waals surface area (Å²) in [6.45, 7) is 1.88. The Morgan fingerprint density at radius 3 is 3.00 bits per heavy atom. The number of nitrogens with one attached hydrogen (secondary N) is 1. The first-order chi connectivity index (χ1) is 6.24. The van der Waals surface area contributed by atoms with Crippen molar-refractivity contribution in [3.63, 3.8) is 0 Å². The summed E-state index contributed by atoms with van der Waals surface area (Å²) in [4.78, 5) is 13.8. The van der Waals surface area contributed by atoms with Crippen molar-refractivity contribution in [2.45, 2.75) is 6.92 Å². The van der Waals surface area contributed by atoms with Crippen LogP contribution >= 0.6 is 11.6 Å². The fraction of sp³-hybridized carbons (Fsp3) is 0.100. The van der Waals surface area contributed by atoms with E-state index in [2.05, 4.69) is 4.98 Å². The van der Waals surface area contributed by atoms with Crippen molar-refractivity contribution in [1.29, 1.82) is 0 Å². The molecule has 0 atom stereocenters. The van der Waals surface area contributed by atoms with Gasteiger partial charge in [-0.1, -0.05) is 11.6 Å². The first kappa shape index (κ1) is 8.32. The van der Waals surface area contributed by atoms with Gasteiger partial charge in [0, 0.05) is 17.1 Å².